The monoisotopic (exact) mass is 302 g/mol. The standard InChI is InChI=1S/C11H15BrN2O3/c1-4-11(3,17-5-2)10-13-6-7(12)8(14-10)9(15)16/h6H,4-5H2,1-3H3,(H,15,16). The van der Waals surface area contributed by atoms with Crippen LogP contribution in [0, 0.1) is 0 Å². The number of carboxylic acid groups (broad SMARTS) is 1. The molecular weight excluding hydrogens is 288 g/mol. The summed E-state index contributed by atoms with van der Waals surface area (Å²) < 4.78 is 5.97. The molecule has 1 rings (SSSR count). The number of hydrogen-bond acceptors (Lipinski definition) is 4. The lowest BCUT2D eigenvalue weighted by molar-refractivity contribution is -0.0392. The van der Waals surface area contributed by atoms with Gasteiger partial charge in [0, 0.05) is 12.8 Å². The highest BCUT2D eigenvalue weighted by molar-refractivity contribution is 9.10. The zero-order chi connectivity index (χ0) is 13.1. The molecule has 6 heteroatoms. The van der Waals surface area contributed by atoms with Gasteiger partial charge in [-0.25, -0.2) is 14.8 Å². The Hall–Kier alpha value is -1.01. The summed E-state index contributed by atoms with van der Waals surface area (Å²) in [6.45, 7) is 6.20. The second kappa shape index (κ2) is 5.55. The first-order chi connectivity index (χ1) is 7.94. The van der Waals surface area contributed by atoms with Gasteiger partial charge in [-0.1, -0.05) is 6.92 Å². The number of ether oxygens (including phenoxy) is 1. The van der Waals surface area contributed by atoms with Crippen molar-refractivity contribution in [3.05, 3.63) is 22.2 Å². The molecule has 0 aromatic carbocycles. The molecule has 0 bridgehead atoms. The van der Waals surface area contributed by atoms with E-state index in [-0.39, 0.29) is 5.69 Å². The molecule has 0 aliphatic rings. The normalized spacial score (nSPS) is 14.4. The van der Waals surface area contributed by atoms with E-state index in [0.717, 1.165) is 0 Å². The highest BCUT2D eigenvalue weighted by Crippen LogP contribution is 2.27. The molecule has 0 fully saturated rings. The first-order valence-corrected chi connectivity index (χ1v) is 6.14. The van der Waals surface area contributed by atoms with E-state index in [1.54, 1.807) is 0 Å². The smallest absolute Gasteiger partial charge is 0.355 e. The summed E-state index contributed by atoms with van der Waals surface area (Å²) in [5.41, 5.74) is -0.700. The van der Waals surface area contributed by atoms with Crippen LogP contribution >= 0.6 is 15.9 Å². The molecule has 0 spiro atoms. The lowest BCUT2D eigenvalue weighted by Crippen LogP contribution is -2.28. The van der Waals surface area contributed by atoms with Crippen molar-refractivity contribution in [1.29, 1.82) is 0 Å². The minimum Gasteiger partial charge on any atom is -0.476 e. The average Bonchev–Trinajstić information content (AvgIpc) is 2.29. The van der Waals surface area contributed by atoms with Crippen molar-refractivity contribution in [3.63, 3.8) is 0 Å². The van der Waals surface area contributed by atoms with Crippen LogP contribution in [0.3, 0.4) is 0 Å². The molecule has 0 saturated heterocycles. The number of hydrogen-bond donors (Lipinski definition) is 1. The Balaban J connectivity index is 3.22. The van der Waals surface area contributed by atoms with Crippen LogP contribution in [0.25, 0.3) is 0 Å². The lowest BCUT2D eigenvalue weighted by atomic mass is 10.0. The number of halogens is 1. The number of carboxylic acids is 1. The van der Waals surface area contributed by atoms with Crippen molar-refractivity contribution in [2.24, 2.45) is 0 Å². The molecule has 0 radical (unpaired) electrons. The molecule has 0 saturated carbocycles. The SMILES string of the molecule is CCOC(C)(CC)c1ncc(Br)c(C(=O)O)n1. The van der Waals surface area contributed by atoms with Gasteiger partial charge in [-0.3, -0.25) is 0 Å². The van der Waals surface area contributed by atoms with Crippen molar-refractivity contribution < 1.29 is 14.6 Å². The van der Waals surface area contributed by atoms with Gasteiger partial charge in [0.15, 0.2) is 11.5 Å². The van der Waals surface area contributed by atoms with Crippen LogP contribution in [0.1, 0.15) is 43.5 Å². The molecular formula is C11H15BrN2O3. The quantitative estimate of drug-likeness (QED) is 0.905. The predicted octanol–water partition coefficient (Wildman–Crippen LogP) is 2.60. The Morgan fingerprint density at radius 3 is 2.71 bits per heavy atom. The third-order valence-corrected chi connectivity index (χ3v) is 3.14. The van der Waals surface area contributed by atoms with Gasteiger partial charge >= 0.3 is 5.97 Å². The zero-order valence-electron chi connectivity index (χ0n) is 10.0. The number of carbonyl (C=O) groups is 1. The first kappa shape index (κ1) is 14.1. The first-order valence-electron chi connectivity index (χ1n) is 5.34. The minimum atomic E-state index is -1.09. The van der Waals surface area contributed by atoms with Crippen LogP contribution in [0.5, 0.6) is 0 Å². The second-order valence-corrected chi connectivity index (χ2v) is 4.57. The Morgan fingerprint density at radius 1 is 1.59 bits per heavy atom. The molecule has 1 heterocycles. The van der Waals surface area contributed by atoms with Gasteiger partial charge in [0.05, 0.1) is 4.47 Å². The summed E-state index contributed by atoms with van der Waals surface area (Å²) in [6.07, 6.45) is 2.11. The number of aromatic nitrogens is 2. The molecule has 94 valence electrons. The summed E-state index contributed by atoms with van der Waals surface area (Å²) in [4.78, 5) is 19.2. The maximum absolute atomic E-state index is 11.0. The largest absolute Gasteiger partial charge is 0.476 e. The van der Waals surface area contributed by atoms with Crippen LogP contribution in [0.15, 0.2) is 10.7 Å². The van der Waals surface area contributed by atoms with E-state index in [0.29, 0.717) is 23.3 Å². The lowest BCUT2D eigenvalue weighted by Gasteiger charge is -2.26. The van der Waals surface area contributed by atoms with Crippen molar-refractivity contribution in [3.8, 4) is 0 Å². The van der Waals surface area contributed by atoms with Crippen LogP contribution < -0.4 is 0 Å². The van der Waals surface area contributed by atoms with E-state index in [9.17, 15) is 4.79 Å². The fourth-order valence-electron chi connectivity index (χ4n) is 1.42. The number of nitrogens with zero attached hydrogens (tertiary/aromatic N) is 2. The van der Waals surface area contributed by atoms with Gasteiger partial charge < -0.3 is 9.84 Å². The molecule has 5 nitrogen and oxygen atoms in total. The van der Waals surface area contributed by atoms with Crippen LogP contribution in [0.2, 0.25) is 0 Å². The zero-order valence-corrected chi connectivity index (χ0v) is 11.6. The molecule has 0 amide bonds. The fourth-order valence-corrected chi connectivity index (χ4v) is 1.78. The van der Waals surface area contributed by atoms with Gasteiger partial charge in [0.1, 0.15) is 5.60 Å². The second-order valence-electron chi connectivity index (χ2n) is 3.71. The topological polar surface area (TPSA) is 72.3 Å². The molecule has 1 atom stereocenters. The van der Waals surface area contributed by atoms with Gasteiger partial charge in [0.2, 0.25) is 0 Å². The number of rotatable bonds is 5. The maximum Gasteiger partial charge on any atom is 0.355 e. The summed E-state index contributed by atoms with van der Waals surface area (Å²) in [7, 11) is 0. The van der Waals surface area contributed by atoms with Crippen LogP contribution in [0.4, 0.5) is 0 Å². The molecule has 1 aromatic heterocycles. The van der Waals surface area contributed by atoms with Gasteiger partial charge in [-0.05, 0) is 36.2 Å². The summed E-state index contributed by atoms with van der Waals surface area (Å²) >= 11 is 3.11. The molecule has 1 N–H and O–H groups in total. The average molecular weight is 303 g/mol. The molecule has 1 unspecified atom stereocenters. The van der Waals surface area contributed by atoms with Gasteiger partial charge in [0.25, 0.3) is 0 Å². The Kier molecular flexibility index (Phi) is 4.59. The molecule has 0 aliphatic heterocycles. The van der Waals surface area contributed by atoms with Gasteiger partial charge in [-0.15, -0.1) is 0 Å². The minimum absolute atomic E-state index is 0.0469. The highest BCUT2D eigenvalue weighted by atomic mass is 79.9. The van der Waals surface area contributed by atoms with Crippen molar-refractivity contribution in [2.75, 3.05) is 6.61 Å². The van der Waals surface area contributed by atoms with E-state index in [2.05, 4.69) is 25.9 Å². The number of aromatic carboxylic acids is 1. The summed E-state index contributed by atoms with van der Waals surface area (Å²) in [6, 6.07) is 0. The van der Waals surface area contributed by atoms with Crippen molar-refractivity contribution in [1.82, 2.24) is 9.97 Å². The molecule has 1 aromatic rings. The van der Waals surface area contributed by atoms with E-state index in [1.807, 2.05) is 20.8 Å². The van der Waals surface area contributed by atoms with E-state index < -0.39 is 11.6 Å². The fraction of sp³-hybridized carbons (Fsp3) is 0.545. The summed E-state index contributed by atoms with van der Waals surface area (Å²) in [5, 5.41) is 9.00. The third-order valence-electron chi connectivity index (χ3n) is 2.56. The predicted molar refractivity (Wildman–Crippen MR) is 66.0 cm³/mol. The maximum atomic E-state index is 11.0. The van der Waals surface area contributed by atoms with E-state index in [4.69, 9.17) is 9.84 Å². The Bertz CT molecular complexity index is 425. The Labute approximate surface area is 108 Å². The highest BCUT2D eigenvalue weighted by Gasteiger charge is 2.29. The van der Waals surface area contributed by atoms with Crippen LogP contribution in [-0.2, 0) is 10.3 Å². The molecule has 17 heavy (non-hydrogen) atoms. The summed E-state index contributed by atoms with van der Waals surface area (Å²) in [5.74, 6) is -0.696. The van der Waals surface area contributed by atoms with E-state index >= 15 is 0 Å². The van der Waals surface area contributed by atoms with Crippen molar-refractivity contribution in [2.45, 2.75) is 32.8 Å². The van der Waals surface area contributed by atoms with Crippen LogP contribution in [-0.4, -0.2) is 27.7 Å². The van der Waals surface area contributed by atoms with E-state index in [1.165, 1.54) is 6.20 Å². The van der Waals surface area contributed by atoms with Gasteiger partial charge in [-0.2, -0.15) is 0 Å². The molecule has 0 aliphatic carbocycles. The third kappa shape index (κ3) is 3.01. The van der Waals surface area contributed by atoms with Crippen molar-refractivity contribution >= 4 is 21.9 Å². The Morgan fingerprint density at radius 2 is 2.24 bits per heavy atom.